The maximum absolute atomic E-state index is 12.8. The second kappa shape index (κ2) is 9.92. The van der Waals surface area contributed by atoms with Crippen LogP contribution in [0.3, 0.4) is 0 Å². The zero-order valence-electron chi connectivity index (χ0n) is 21.9. The highest BCUT2D eigenvalue weighted by atomic mass is 16.6. The Morgan fingerprint density at radius 2 is 2.10 bits per heavy atom. The van der Waals surface area contributed by atoms with Gasteiger partial charge in [-0.05, 0) is 49.4 Å². The molecule has 4 aliphatic heterocycles. The molecule has 202 valence electrons. The molecule has 0 bridgehead atoms. The minimum atomic E-state index is -0.402. The lowest BCUT2D eigenvalue weighted by Crippen LogP contribution is -2.41. The molecule has 0 N–H and O–H groups in total. The molecule has 2 aromatic rings. The number of nitrogens with zero attached hydrogens (tertiary/aromatic N) is 5. The van der Waals surface area contributed by atoms with E-state index in [0.29, 0.717) is 42.6 Å². The maximum Gasteiger partial charge on any atom is 0.417 e. The molecule has 0 aromatic carbocycles. The number of allylic oxidation sites excluding steroid dienone is 4. The van der Waals surface area contributed by atoms with Crippen molar-refractivity contribution >= 4 is 22.8 Å². The van der Waals surface area contributed by atoms with Crippen LogP contribution >= 0.6 is 0 Å². The van der Waals surface area contributed by atoms with Gasteiger partial charge in [-0.15, -0.1) is 0 Å². The Labute approximate surface area is 226 Å². The van der Waals surface area contributed by atoms with Crippen molar-refractivity contribution in [2.45, 2.75) is 31.4 Å². The Morgan fingerprint density at radius 1 is 1.15 bits per heavy atom. The van der Waals surface area contributed by atoms with Gasteiger partial charge in [0.15, 0.2) is 12.0 Å². The monoisotopic (exact) mass is 529 g/mol. The SMILES string of the molecule is COc1ccc2nccc(N3C[C@H]4CCN(C[C@@H]5CN(C6=COC=C(C7=CC=CCC7)O6)C(=O)O5)[C@H]4C3)c2n1. The van der Waals surface area contributed by atoms with Gasteiger partial charge in [0.25, 0.3) is 0 Å². The molecule has 10 nitrogen and oxygen atoms in total. The standard InChI is InChI=1S/C29H31N5O5/c1-36-26-8-7-22-28(31-26)23(9-11-30-22)33-13-20-10-12-32(24(20)16-33)14-21-15-34(29(35)38-21)27-18-37-17-25(39-27)19-5-3-2-4-6-19/h2-3,5,7-9,11,17-18,20-21,24H,4,6,10,12-16H2,1H3/t20-,21-,24+/m1/s1. The summed E-state index contributed by atoms with van der Waals surface area (Å²) in [6.45, 7) is 3.97. The molecule has 1 amide bonds. The van der Waals surface area contributed by atoms with Crippen LogP contribution in [0.1, 0.15) is 19.3 Å². The minimum Gasteiger partial charge on any atom is -0.481 e. The van der Waals surface area contributed by atoms with Crippen LogP contribution in [0.15, 0.2) is 72.4 Å². The average molecular weight is 530 g/mol. The highest BCUT2D eigenvalue weighted by molar-refractivity contribution is 5.88. The third kappa shape index (κ3) is 4.48. The van der Waals surface area contributed by atoms with Crippen molar-refractivity contribution in [3.05, 3.63) is 72.4 Å². The number of aromatic nitrogens is 2. The van der Waals surface area contributed by atoms with E-state index in [-0.39, 0.29) is 6.10 Å². The third-order valence-electron chi connectivity index (χ3n) is 8.22. The van der Waals surface area contributed by atoms with Gasteiger partial charge in [0, 0.05) is 37.9 Å². The predicted octanol–water partition coefficient (Wildman–Crippen LogP) is 3.93. The van der Waals surface area contributed by atoms with Crippen LogP contribution in [-0.4, -0.2) is 77.8 Å². The van der Waals surface area contributed by atoms with E-state index in [4.69, 9.17) is 18.9 Å². The first-order valence-corrected chi connectivity index (χ1v) is 13.5. The van der Waals surface area contributed by atoms with E-state index >= 15 is 0 Å². The largest absolute Gasteiger partial charge is 0.481 e. The van der Waals surface area contributed by atoms with Crippen molar-refractivity contribution in [1.29, 1.82) is 0 Å². The fourth-order valence-electron chi connectivity index (χ4n) is 6.28. The number of ether oxygens (including phenoxy) is 4. The van der Waals surface area contributed by atoms with Crippen LogP contribution in [0.25, 0.3) is 11.0 Å². The summed E-state index contributed by atoms with van der Waals surface area (Å²) < 4.78 is 22.8. The number of pyridine rings is 2. The quantitative estimate of drug-likeness (QED) is 0.552. The lowest BCUT2D eigenvalue weighted by molar-refractivity contribution is 0.0998. The number of carbonyl (C=O) groups is 1. The van der Waals surface area contributed by atoms with Gasteiger partial charge in [0.2, 0.25) is 11.8 Å². The molecule has 0 saturated carbocycles. The van der Waals surface area contributed by atoms with Crippen molar-refractivity contribution in [2.24, 2.45) is 5.92 Å². The van der Waals surface area contributed by atoms with E-state index in [1.165, 1.54) is 11.2 Å². The van der Waals surface area contributed by atoms with Crippen LogP contribution in [0.2, 0.25) is 0 Å². The summed E-state index contributed by atoms with van der Waals surface area (Å²) in [6.07, 6.45) is 13.3. The Balaban J connectivity index is 1.01. The second-order valence-corrected chi connectivity index (χ2v) is 10.5. The summed E-state index contributed by atoms with van der Waals surface area (Å²) in [5, 5.41) is 0. The van der Waals surface area contributed by atoms with E-state index in [1.54, 1.807) is 13.4 Å². The number of fused-ring (bicyclic) bond motifs is 2. The number of amides is 1. The fraction of sp³-hybridized carbons (Fsp3) is 0.414. The first-order valence-electron chi connectivity index (χ1n) is 13.5. The molecule has 0 spiro atoms. The number of anilines is 1. The third-order valence-corrected chi connectivity index (χ3v) is 8.22. The van der Waals surface area contributed by atoms with Gasteiger partial charge in [0.05, 0.1) is 24.9 Å². The molecule has 5 aliphatic rings. The number of carbonyl (C=O) groups excluding carboxylic acids is 1. The summed E-state index contributed by atoms with van der Waals surface area (Å²) in [7, 11) is 1.63. The molecule has 6 heterocycles. The molecule has 3 atom stereocenters. The highest BCUT2D eigenvalue weighted by Crippen LogP contribution is 2.37. The zero-order chi connectivity index (χ0) is 26.3. The van der Waals surface area contributed by atoms with E-state index < -0.39 is 6.09 Å². The molecular formula is C29H31N5O5. The molecule has 3 fully saturated rings. The van der Waals surface area contributed by atoms with E-state index in [0.717, 1.165) is 61.2 Å². The van der Waals surface area contributed by atoms with Gasteiger partial charge in [-0.25, -0.2) is 14.7 Å². The van der Waals surface area contributed by atoms with Crippen LogP contribution in [-0.2, 0) is 14.2 Å². The topological polar surface area (TPSA) is 89.5 Å². The van der Waals surface area contributed by atoms with Gasteiger partial charge in [-0.2, -0.15) is 0 Å². The molecule has 39 heavy (non-hydrogen) atoms. The molecule has 0 unspecified atom stereocenters. The van der Waals surface area contributed by atoms with Crippen LogP contribution in [0, 0.1) is 5.92 Å². The average Bonchev–Trinajstić information content (AvgIpc) is 3.68. The molecule has 1 aliphatic carbocycles. The summed E-state index contributed by atoms with van der Waals surface area (Å²) in [6, 6.07) is 6.22. The Bertz CT molecular complexity index is 1420. The van der Waals surface area contributed by atoms with Crippen molar-refractivity contribution < 1.29 is 23.7 Å². The fourth-order valence-corrected chi connectivity index (χ4v) is 6.28. The van der Waals surface area contributed by atoms with Gasteiger partial charge in [0.1, 0.15) is 17.9 Å². The number of rotatable bonds is 6. The van der Waals surface area contributed by atoms with Gasteiger partial charge in [-0.1, -0.05) is 18.2 Å². The number of methoxy groups -OCH3 is 1. The highest BCUT2D eigenvalue weighted by Gasteiger charge is 2.45. The van der Waals surface area contributed by atoms with Crippen LogP contribution < -0.4 is 9.64 Å². The van der Waals surface area contributed by atoms with Gasteiger partial charge < -0.3 is 23.8 Å². The first kappa shape index (κ1) is 24.0. The Kier molecular flexibility index (Phi) is 6.11. The summed E-state index contributed by atoms with van der Waals surface area (Å²) in [5.41, 5.74) is 3.86. The zero-order valence-corrected chi connectivity index (χ0v) is 21.9. The number of hydrogen-bond donors (Lipinski definition) is 0. The lowest BCUT2D eigenvalue weighted by atomic mass is 10.0. The predicted molar refractivity (Wildman–Crippen MR) is 144 cm³/mol. The normalized spacial score (nSPS) is 26.5. The second-order valence-electron chi connectivity index (χ2n) is 10.5. The van der Waals surface area contributed by atoms with Crippen LogP contribution in [0.4, 0.5) is 10.5 Å². The molecule has 3 saturated heterocycles. The van der Waals surface area contributed by atoms with Crippen LogP contribution in [0.5, 0.6) is 5.88 Å². The molecule has 7 rings (SSSR count). The molecule has 10 heteroatoms. The van der Waals surface area contributed by atoms with E-state index in [9.17, 15) is 4.79 Å². The summed E-state index contributed by atoms with van der Waals surface area (Å²) in [4.78, 5) is 28.4. The van der Waals surface area contributed by atoms with Crippen molar-refractivity contribution in [3.63, 3.8) is 0 Å². The molecule has 0 radical (unpaired) electrons. The molecule has 2 aromatic heterocycles. The lowest BCUT2D eigenvalue weighted by Gasteiger charge is -2.27. The minimum absolute atomic E-state index is 0.242. The van der Waals surface area contributed by atoms with E-state index in [2.05, 4.69) is 25.8 Å². The van der Waals surface area contributed by atoms with Gasteiger partial charge >= 0.3 is 6.09 Å². The summed E-state index contributed by atoms with van der Waals surface area (Å²) >= 11 is 0. The first-order chi connectivity index (χ1) is 19.2. The van der Waals surface area contributed by atoms with Crippen molar-refractivity contribution in [2.75, 3.05) is 44.7 Å². The Morgan fingerprint density at radius 3 is 2.97 bits per heavy atom. The number of likely N-dealkylation sites (tertiary alicyclic amines) is 1. The number of hydrogen-bond acceptors (Lipinski definition) is 9. The van der Waals surface area contributed by atoms with E-state index in [1.807, 2.05) is 36.5 Å². The Hall–Kier alpha value is -4.05. The maximum atomic E-state index is 12.8. The van der Waals surface area contributed by atoms with Crippen molar-refractivity contribution in [3.8, 4) is 5.88 Å². The van der Waals surface area contributed by atoms with Gasteiger partial charge in [-0.3, -0.25) is 9.88 Å². The summed E-state index contributed by atoms with van der Waals surface area (Å²) in [5.74, 6) is 2.14. The number of cyclic esters (lactones) is 1. The molecular weight excluding hydrogens is 498 g/mol. The van der Waals surface area contributed by atoms with Crippen molar-refractivity contribution in [1.82, 2.24) is 19.8 Å². The smallest absolute Gasteiger partial charge is 0.417 e.